The van der Waals surface area contributed by atoms with Crippen LogP contribution in [0.2, 0.25) is 0 Å². The highest BCUT2D eigenvalue weighted by Gasteiger charge is 2.42. The number of amides is 1. The van der Waals surface area contributed by atoms with Crippen molar-refractivity contribution in [2.24, 2.45) is 0 Å². The number of benzene rings is 1. The average molecular weight is 358 g/mol. The maximum atomic E-state index is 12.4. The monoisotopic (exact) mass is 357 g/mol. The van der Waals surface area contributed by atoms with E-state index in [0.29, 0.717) is 6.42 Å². The fourth-order valence-corrected chi connectivity index (χ4v) is 4.50. The molecule has 5 heteroatoms. The van der Waals surface area contributed by atoms with Gasteiger partial charge in [0.15, 0.2) is 0 Å². The number of anilines is 1. The molecule has 1 atom stereocenters. The van der Waals surface area contributed by atoms with Gasteiger partial charge in [0.1, 0.15) is 5.01 Å². The molecule has 1 aliphatic rings. The molecule has 25 heavy (non-hydrogen) atoms. The average Bonchev–Trinajstić information content (AvgIpc) is 2.92. The number of hydrogen-bond acceptors (Lipinski definition) is 4. The summed E-state index contributed by atoms with van der Waals surface area (Å²) in [5, 5.41) is 10.00. The number of thiazole rings is 1. The highest BCUT2D eigenvalue weighted by molar-refractivity contribution is 7.09. The van der Waals surface area contributed by atoms with Crippen LogP contribution in [0.4, 0.5) is 5.69 Å². The Hall–Kier alpha value is -1.72. The van der Waals surface area contributed by atoms with E-state index in [-0.39, 0.29) is 17.5 Å². The van der Waals surface area contributed by atoms with Crippen molar-refractivity contribution < 1.29 is 4.79 Å². The van der Waals surface area contributed by atoms with Crippen LogP contribution in [0.3, 0.4) is 0 Å². The molecule has 0 spiro atoms. The van der Waals surface area contributed by atoms with Crippen LogP contribution < -0.4 is 10.6 Å². The lowest BCUT2D eigenvalue weighted by atomic mass is 9.76. The Bertz CT molecular complexity index is 764. The smallest absolute Gasteiger partial charge is 0.225 e. The number of nitrogens with zero attached hydrogens (tertiary/aromatic N) is 1. The number of rotatable bonds is 6. The summed E-state index contributed by atoms with van der Waals surface area (Å²) in [6.07, 6.45) is 3.87. The van der Waals surface area contributed by atoms with E-state index < -0.39 is 0 Å². The molecular weight excluding hydrogens is 330 g/mol. The van der Waals surface area contributed by atoms with E-state index in [0.717, 1.165) is 34.8 Å². The van der Waals surface area contributed by atoms with Crippen LogP contribution in [0.15, 0.2) is 23.6 Å². The third kappa shape index (κ3) is 4.10. The summed E-state index contributed by atoms with van der Waals surface area (Å²) < 4.78 is 0. The minimum absolute atomic E-state index is 0.0294. The Morgan fingerprint density at radius 1 is 1.32 bits per heavy atom. The Morgan fingerprint density at radius 2 is 2.08 bits per heavy atom. The molecule has 134 valence electrons. The first kappa shape index (κ1) is 18.1. The zero-order chi connectivity index (χ0) is 18.0. The van der Waals surface area contributed by atoms with E-state index in [1.807, 2.05) is 26.0 Å². The Labute approximate surface area is 154 Å². The Balaban J connectivity index is 1.60. The van der Waals surface area contributed by atoms with Crippen molar-refractivity contribution >= 4 is 22.9 Å². The first-order chi connectivity index (χ1) is 11.9. The minimum Gasteiger partial charge on any atom is -0.326 e. The van der Waals surface area contributed by atoms with Gasteiger partial charge in [-0.05, 0) is 58.6 Å². The fraction of sp³-hybridized carbons (Fsp3) is 0.500. The molecule has 1 unspecified atom stereocenters. The fourth-order valence-electron chi connectivity index (χ4n) is 3.48. The van der Waals surface area contributed by atoms with E-state index in [2.05, 4.69) is 40.9 Å². The Morgan fingerprint density at radius 3 is 2.64 bits per heavy atom. The van der Waals surface area contributed by atoms with E-state index in [1.54, 1.807) is 11.3 Å². The molecule has 1 saturated carbocycles. The molecule has 0 saturated heterocycles. The number of carbonyl (C=O) groups excluding carboxylic acids is 1. The van der Waals surface area contributed by atoms with E-state index in [1.165, 1.54) is 12.0 Å². The SMILES string of the molecule is Cc1ccc(NC(=O)CC(C)NC2(c3nc(C)cs3)CCC2)c(C)c1. The lowest BCUT2D eigenvalue weighted by molar-refractivity contribution is -0.116. The van der Waals surface area contributed by atoms with Gasteiger partial charge in [-0.1, -0.05) is 17.7 Å². The molecule has 1 aromatic heterocycles. The number of hydrogen-bond donors (Lipinski definition) is 2. The van der Waals surface area contributed by atoms with E-state index in [4.69, 9.17) is 0 Å². The van der Waals surface area contributed by atoms with Gasteiger partial charge in [-0.25, -0.2) is 4.98 Å². The van der Waals surface area contributed by atoms with Gasteiger partial charge < -0.3 is 10.6 Å². The first-order valence-corrected chi connectivity index (χ1v) is 9.83. The molecule has 1 fully saturated rings. The van der Waals surface area contributed by atoms with Crippen LogP contribution in [0, 0.1) is 20.8 Å². The lowest BCUT2D eigenvalue weighted by Gasteiger charge is -2.43. The van der Waals surface area contributed by atoms with Gasteiger partial charge in [0.2, 0.25) is 5.91 Å². The predicted molar refractivity (Wildman–Crippen MR) is 104 cm³/mol. The van der Waals surface area contributed by atoms with Crippen molar-refractivity contribution in [1.82, 2.24) is 10.3 Å². The molecule has 1 heterocycles. The Kier molecular flexibility index (Phi) is 5.25. The van der Waals surface area contributed by atoms with Crippen LogP contribution in [-0.2, 0) is 10.3 Å². The largest absolute Gasteiger partial charge is 0.326 e. The zero-order valence-corrected chi connectivity index (χ0v) is 16.3. The lowest BCUT2D eigenvalue weighted by Crippen LogP contribution is -2.52. The van der Waals surface area contributed by atoms with Crippen LogP contribution in [0.5, 0.6) is 0 Å². The first-order valence-electron chi connectivity index (χ1n) is 8.95. The van der Waals surface area contributed by atoms with Crippen molar-refractivity contribution in [1.29, 1.82) is 0 Å². The molecule has 3 rings (SSSR count). The summed E-state index contributed by atoms with van der Waals surface area (Å²) >= 11 is 1.72. The van der Waals surface area contributed by atoms with Gasteiger partial charge in [-0.3, -0.25) is 4.79 Å². The summed E-state index contributed by atoms with van der Waals surface area (Å²) in [6, 6.07) is 6.20. The maximum absolute atomic E-state index is 12.4. The van der Waals surface area contributed by atoms with Gasteiger partial charge in [-0.2, -0.15) is 0 Å². The van der Waals surface area contributed by atoms with E-state index in [9.17, 15) is 4.79 Å². The topological polar surface area (TPSA) is 54.0 Å². The van der Waals surface area contributed by atoms with Gasteiger partial charge in [-0.15, -0.1) is 11.3 Å². The van der Waals surface area contributed by atoms with Crippen LogP contribution in [0.25, 0.3) is 0 Å². The van der Waals surface area contributed by atoms with Crippen molar-refractivity contribution in [3.8, 4) is 0 Å². The molecule has 2 N–H and O–H groups in total. The molecule has 1 amide bonds. The van der Waals surface area contributed by atoms with Gasteiger partial charge >= 0.3 is 0 Å². The van der Waals surface area contributed by atoms with E-state index >= 15 is 0 Å². The summed E-state index contributed by atoms with van der Waals surface area (Å²) in [6.45, 7) is 8.21. The molecule has 2 aromatic rings. The van der Waals surface area contributed by atoms with Gasteiger partial charge in [0, 0.05) is 29.2 Å². The molecule has 0 aliphatic heterocycles. The van der Waals surface area contributed by atoms with Crippen molar-refractivity contribution in [3.63, 3.8) is 0 Å². The molecular formula is C20H27N3OS. The predicted octanol–water partition coefficient (Wildman–Crippen LogP) is 4.45. The van der Waals surface area contributed by atoms with Crippen LogP contribution in [-0.4, -0.2) is 16.9 Å². The highest BCUT2D eigenvalue weighted by atomic mass is 32.1. The molecule has 4 nitrogen and oxygen atoms in total. The summed E-state index contributed by atoms with van der Waals surface area (Å²) in [4.78, 5) is 17.1. The van der Waals surface area contributed by atoms with Crippen LogP contribution in [0.1, 0.15) is 54.4 Å². The summed E-state index contributed by atoms with van der Waals surface area (Å²) in [5.41, 5.74) is 4.25. The number of aromatic nitrogens is 1. The van der Waals surface area contributed by atoms with Crippen molar-refractivity contribution in [2.75, 3.05) is 5.32 Å². The zero-order valence-electron chi connectivity index (χ0n) is 15.5. The second-order valence-electron chi connectivity index (χ2n) is 7.35. The molecule has 0 bridgehead atoms. The summed E-state index contributed by atoms with van der Waals surface area (Å²) in [7, 11) is 0. The highest BCUT2D eigenvalue weighted by Crippen LogP contribution is 2.43. The number of carbonyl (C=O) groups is 1. The molecule has 0 radical (unpaired) electrons. The van der Waals surface area contributed by atoms with Crippen LogP contribution >= 0.6 is 11.3 Å². The van der Waals surface area contributed by atoms with Crippen molar-refractivity contribution in [2.45, 2.75) is 65.0 Å². The third-order valence-corrected chi connectivity index (χ3v) is 6.07. The number of aryl methyl sites for hydroxylation is 3. The molecule has 1 aliphatic carbocycles. The normalized spacial score (nSPS) is 17.0. The van der Waals surface area contributed by atoms with Gasteiger partial charge in [0.25, 0.3) is 0 Å². The van der Waals surface area contributed by atoms with Gasteiger partial charge in [0.05, 0.1) is 5.54 Å². The number of nitrogens with one attached hydrogen (secondary N) is 2. The second kappa shape index (κ2) is 7.26. The third-order valence-electron chi connectivity index (χ3n) is 4.91. The molecule has 1 aromatic carbocycles. The van der Waals surface area contributed by atoms with Crippen molar-refractivity contribution in [3.05, 3.63) is 45.4 Å². The standard InChI is InChI=1S/C20H27N3OS/c1-13-6-7-17(14(2)10-13)22-18(24)11-15(3)23-20(8-5-9-20)19-21-16(4)12-25-19/h6-7,10,12,15,23H,5,8-9,11H2,1-4H3,(H,22,24). The quantitative estimate of drug-likeness (QED) is 0.803. The maximum Gasteiger partial charge on any atom is 0.225 e. The summed E-state index contributed by atoms with van der Waals surface area (Å²) in [5.74, 6) is 0.0525. The second-order valence-corrected chi connectivity index (χ2v) is 8.20. The minimum atomic E-state index is -0.0294.